The maximum Gasteiger partial charge on any atom is 0.176 e. The molecule has 3 N–H and O–H groups in total. The Morgan fingerprint density at radius 1 is 1.18 bits per heavy atom. The summed E-state index contributed by atoms with van der Waals surface area (Å²) in [5.41, 5.74) is 8.79. The summed E-state index contributed by atoms with van der Waals surface area (Å²) < 4.78 is 13.8. The van der Waals surface area contributed by atoms with Gasteiger partial charge in [-0.2, -0.15) is 9.49 Å². The van der Waals surface area contributed by atoms with Crippen LogP contribution < -0.4 is 5.32 Å². The molecule has 0 aliphatic rings. The number of aromatic amines is 2. The third kappa shape index (κ3) is 5.21. The predicted molar refractivity (Wildman–Crippen MR) is 155 cm³/mol. The number of fused-ring (bicyclic) bond motifs is 1. The Hall–Kier alpha value is -4.30. The van der Waals surface area contributed by atoms with Crippen molar-refractivity contribution in [3.8, 4) is 22.6 Å². The van der Waals surface area contributed by atoms with Gasteiger partial charge in [0, 0.05) is 44.6 Å². The topological polar surface area (TPSA) is 82.3 Å². The van der Waals surface area contributed by atoms with E-state index in [0.29, 0.717) is 5.92 Å². The van der Waals surface area contributed by atoms with Crippen molar-refractivity contribution in [1.29, 1.82) is 0 Å². The number of thiophene rings is 1. The number of pyridine rings is 2. The lowest BCUT2D eigenvalue weighted by atomic mass is 10.0. The van der Waals surface area contributed by atoms with Gasteiger partial charge in [0.05, 0.1) is 35.0 Å². The minimum Gasteiger partial charge on any atom is -0.358 e. The van der Waals surface area contributed by atoms with Crippen molar-refractivity contribution in [3.05, 3.63) is 101 Å². The van der Waals surface area contributed by atoms with Crippen molar-refractivity contribution in [3.63, 3.8) is 0 Å². The Kier molecular flexibility index (Phi) is 7.07. The lowest BCUT2D eigenvalue weighted by molar-refractivity contribution is 0.645. The van der Waals surface area contributed by atoms with Gasteiger partial charge in [0.15, 0.2) is 5.13 Å². The Morgan fingerprint density at radius 3 is 2.76 bits per heavy atom. The number of H-pyrrole nitrogens is 2. The molecule has 0 fully saturated rings. The van der Waals surface area contributed by atoms with E-state index in [2.05, 4.69) is 57.5 Å². The number of hydrogen-bond acceptors (Lipinski definition) is 5. The number of halogens is 1. The van der Waals surface area contributed by atoms with Gasteiger partial charge in [-0.1, -0.05) is 39.2 Å². The van der Waals surface area contributed by atoms with Gasteiger partial charge in [-0.15, -0.1) is 11.3 Å². The molecule has 0 aliphatic heterocycles. The lowest BCUT2D eigenvalue weighted by Gasteiger charge is -2.12. The molecule has 38 heavy (non-hydrogen) atoms. The summed E-state index contributed by atoms with van der Waals surface area (Å²) in [5, 5.41) is 11.7. The molecule has 0 atom stereocenters. The van der Waals surface area contributed by atoms with Gasteiger partial charge in [-0.3, -0.25) is 15.1 Å². The van der Waals surface area contributed by atoms with E-state index in [9.17, 15) is 4.39 Å². The van der Waals surface area contributed by atoms with Crippen LogP contribution in [0.3, 0.4) is 0 Å². The largest absolute Gasteiger partial charge is 0.358 e. The smallest absolute Gasteiger partial charge is 0.176 e. The number of anilines is 1. The molecule has 0 aliphatic carbocycles. The number of aryl methyl sites for hydroxylation is 1. The first-order valence-electron chi connectivity index (χ1n) is 12.4. The van der Waals surface area contributed by atoms with E-state index in [1.165, 1.54) is 6.07 Å². The average Bonchev–Trinajstić information content (AvgIpc) is 3.60. The quantitative estimate of drug-likeness (QED) is 0.170. The maximum atomic E-state index is 13.8. The zero-order chi connectivity index (χ0) is 26.8. The molecule has 0 aromatic carbocycles. The van der Waals surface area contributed by atoms with Crippen LogP contribution in [0.5, 0.6) is 0 Å². The Morgan fingerprint density at radius 2 is 2.03 bits per heavy atom. The molecule has 8 heteroatoms. The standard InChI is InChI=1S/C30H29FN6S/c1-6-7-22(28-8-9-29(31)38-28)23-12-26(35-19(23)5)30-24-13-25(33-16-27(24)36-37-30)20-11-21(15-32-14-20)34-18(4)10-17(2)3/h6-9,11-17,34-35H,1,4,10H2,2-3,5H3,(H,36,37)/b22-7+. The Balaban J connectivity index is 1.50. The molecule has 5 rings (SSSR count). The molecule has 0 bridgehead atoms. The van der Waals surface area contributed by atoms with Crippen LogP contribution in [0.4, 0.5) is 10.1 Å². The van der Waals surface area contributed by atoms with Crippen LogP contribution in [-0.2, 0) is 0 Å². The molecular weight excluding hydrogens is 495 g/mol. The molecule has 6 nitrogen and oxygen atoms in total. The first-order valence-corrected chi connectivity index (χ1v) is 13.2. The number of aromatic nitrogens is 5. The number of rotatable bonds is 9. The molecule has 0 unspecified atom stereocenters. The summed E-state index contributed by atoms with van der Waals surface area (Å²) >= 11 is 1.11. The summed E-state index contributed by atoms with van der Waals surface area (Å²) in [5.74, 6) is 0.515. The fraction of sp³-hybridized carbons (Fsp3) is 0.167. The van der Waals surface area contributed by atoms with Gasteiger partial charge < -0.3 is 10.3 Å². The highest BCUT2D eigenvalue weighted by atomic mass is 32.1. The Labute approximate surface area is 225 Å². The van der Waals surface area contributed by atoms with E-state index >= 15 is 0 Å². The molecule has 0 radical (unpaired) electrons. The molecule has 5 heterocycles. The monoisotopic (exact) mass is 524 g/mol. The first kappa shape index (κ1) is 25.4. The van der Waals surface area contributed by atoms with E-state index in [1.807, 2.05) is 31.2 Å². The van der Waals surface area contributed by atoms with Gasteiger partial charge in [0.25, 0.3) is 0 Å². The van der Waals surface area contributed by atoms with Gasteiger partial charge >= 0.3 is 0 Å². The van der Waals surface area contributed by atoms with Gasteiger partial charge in [-0.25, -0.2) is 0 Å². The molecule has 0 saturated carbocycles. The summed E-state index contributed by atoms with van der Waals surface area (Å²) in [6.07, 6.45) is 9.88. The lowest BCUT2D eigenvalue weighted by Crippen LogP contribution is -2.02. The van der Waals surface area contributed by atoms with Crippen LogP contribution >= 0.6 is 11.3 Å². The fourth-order valence-corrected chi connectivity index (χ4v) is 5.29. The molecule has 5 aromatic rings. The Bertz CT molecular complexity index is 1670. The van der Waals surface area contributed by atoms with Crippen LogP contribution in [0.2, 0.25) is 0 Å². The zero-order valence-electron chi connectivity index (χ0n) is 21.6. The van der Waals surface area contributed by atoms with E-state index in [0.717, 1.165) is 84.4 Å². The highest BCUT2D eigenvalue weighted by Crippen LogP contribution is 2.35. The fourth-order valence-electron chi connectivity index (χ4n) is 4.52. The summed E-state index contributed by atoms with van der Waals surface area (Å²) in [7, 11) is 0. The van der Waals surface area contributed by atoms with E-state index in [1.54, 1.807) is 30.7 Å². The van der Waals surface area contributed by atoms with Crippen LogP contribution in [0.25, 0.3) is 39.1 Å². The number of nitrogens with zero attached hydrogens (tertiary/aromatic N) is 3. The summed E-state index contributed by atoms with van der Waals surface area (Å²) in [4.78, 5) is 13.4. The minimum atomic E-state index is -0.223. The zero-order valence-corrected chi connectivity index (χ0v) is 22.4. The minimum absolute atomic E-state index is 0.223. The van der Waals surface area contributed by atoms with Gasteiger partial charge in [0.2, 0.25) is 0 Å². The second-order valence-corrected chi connectivity index (χ2v) is 10.7. The van der Waals surface area contributed by atoms with Crippen LogP contribution in [0, 0.1) is 18.0 Å². The highest BCUT2D eigenvalue weighted by Gasteiger charge is 2.18. The average molecular weight is 525 g/mol. The van der Waals surface area contributed by atoms with Crippen LogP contribution in [0.15, 0.2) is 79.9 Å². The normalized spacial score (nSPS) is 11.9. The third-order valence-electron chi connectivity index (χ3n) is 6.14. The van der Waals surface area contributed by atoms with E-state index in [-0.39, 0.29) is 5.13 Å². The van der Waals surface area contributed by atoms with Crippen molar-refractivity contribution in [2.24, 2.45) is 5.92 Å². The first-order chi connectivity index (χ1) is 18.3. The SMILES string of the molecule is C=C/C=C(/c1ccc(F)s1)c1cc(-c2n[nH]c3cnc(-c4cncc(NC(=C)CC(C)C)c4)cc23)[nH]c1C. The summed E-state index contributed by atoms with van der Waals surface area (Å²) in [6.45, 7) is 14.3. The van der Waals surface area contributed by atoms with Crippen molar-refractivity contribution < 1.29 is 4.39 Å². The molecular formula is C30H29FN6S. The molecule has 0 spiro atoms. The highest BCUT2D eigenvalue weighted by molar-refractivity contribution is 7.11. The third-order valence-corrected chi connectivity index (χ3v) is 7.05. The van der Waals surface area contributed by atoms with E-state index < -0.39 is 0 Å². The van der Waals surface area contributed by atoms with Crippen molar-refractivity contribution in [2.75, 3.05) is 5.32 Å². The van der Waals surface area contributed by atoms with Crippen molar-refractivity contribution >= 4 is 33.5 Å². The van der Waals surface area contributed by atoms with Gasteiger partial charge in [-0.05, 0) is 49.6 Å². The number of hydrogen-bond donors (Lipinski definition) is 3. The molecule has 192 valence electrons. The van der Waals surface area contributed by atoms with Gasteiger partial charge in [0.1, 0.15) is 5.69 Å². The van der Waals surface area contributed by atoms with Crippen LogP contribution in [-0.4, -0.2) is 25.1 Å². The number of allylic oxidation sites excluding steroid dienone is 3. The predicted octanol–water partition coefficient (Wildman–Crippen LogP) is 8.11. The second kappa shape index (κ2) is 10.6. The number of nitrogens with one attached hydrogen (secondary N) is 3. The van der Waals surface area contributed by atoms with Crippen molar-refractivity contribution in [1.82, 2.24) is 25.1 Å². The van der Waals surface area contributed by atoms with E-state index in [4.69, 9.17) is 0 Å². The summed E-state index contributed by atoms with van der Waals surface area (Å²) in [6, 6.07) is 9.36. The second-order valence-electron chi connectivity index (χ2n) is 9.62. The molecule has 0 saturated heterocycles. The molecule has 0 amide bonds. The van der Waals surface area contributed by atoms with Crippen molar-refractivity contribution in [2.45, 2.75) is 27.2 Å². The maximum absolute atomic E-state index is 13.8. The van der Waals surface area contributed by atoms with Crippen LogP contribution in [0.1, 0.15) is 36.4 Å². The molecule has 5 aromatic heterocycles.